The van der Waals surface area contributed by atoms with Crippen molar-refractivity contribution in [2.45, 2.75) is 4.21 Å². The summed E-state index contributed by atoms with van der Waals surface area (Å²) in [4.78, 5) is 5.54. The molecular weight excluding hydrogens is 374 g/mol. The fraction of sp³-hybridized carbons (Fsp3) is 0.176. The van der Waals surface area contributed by atoms with Crippen LogP contribution in [0.5, 0.6) is 11.5 Å². The molecule has 25 heavy (non-hydrogen) atoms. The standard InChI is InChI=1S/C17H17N3O2S3/c1-21-10-4-9(5-11(6-10)22-2)13-8-24-16(20-13)12-7-14(15(18)19)25-17(12)23-3/h4-8H,1-3H3,(H3,18,19). The number of thiazole rings is 1. The summed E-state index contributed by atoms with van der Waals surface area (Å²) in [5.41, 5.74) is 8.45. The summed E-state index contributed by atoms with van der Waals surface area (Å²) in [6.07, 6.45) is 2.01. The minimum atomic E-state index is 0.0841. The van der Waals surface area contributed by atoms with Gasteiger partial charge in [0.1, 0.15) is 22.3 Å². The zero-order valence-electron chi connectivity index (χ0n) is 14.0. The third-order valence-electron chi connectivity index (χ3n) is 3.53. The Morgan fingerprint density at radius 2 is 1.84 bits per heavy atom. The van der Waals surface area contributed by atoms with Crippen molar-refractivity contribution in [3.63, 3.8) is 0 Å². The molecule has 0 atom stereocenters. The van der Waals surface area contributed by atoms with Gasteiger partial charge >= 0.3 is 0 Å². The number of amidine groups is 1. The summed E-state index contributed by atoms with van der Waals surface area (Å²) in [7, 11) is 3.26. The highest BCUT2D eigenvalue weighted by molar-refractivity contribution is 8.00. The van der Waals surface area contributed by atoms with Crippen LogP contribution in [0, 0.1) is 5.41 Å². The minimum Gasteiger partial charge on any atom is -0.497 e. The highest BCUT2D eigenvalue weighted by Crippen LogP contribution is 2.40. The second-order valence-corrected chi connectivity index (χ2v) is 8.05. The molecule has 2 heterocycles. The highest BCUT2D eigenvalue weighted by Gasteiger charge is 2.16. The quantitative estimate of drug-likeness (QED) is 0.366. The third kappa shape index (κ3) is 3.65. The van der Waals surface area contributed by atoms with Gasteiger partial charge in [0.25, 0.3) is 0 Å². The van der Waals surface area contributed by atoms with Gasteiger partial charge in [-0.3, -0.25) is 5.41 Å². The molecule has 0 aliphatic heterocycles. The van der Waals surface area contributed by atoms with E-state index < -0.39 is 0 Å². The van der Waals surface area contributed by atoms with E-state index in [0.29, 0.717) is 0 Å². The van der Waals surface area contributed by atoms with Crippen LogP contribution in [0.15, 0.2) is 33.9 Å². The summed E-state index contributed by atoms with van der Waals surface area (Å²) in [6, 6.07) is 7.64. The van der Waals surface area contributed by atoms with Gasteiger partial charge in [0.05, 0.1) is 29.0 Å². The van der Waals surface area contributed by atoms with E-state index in [1.165, 1.54) is 11.3 Å². The lowest BCUT2D eigenvalue weighted by atomic mass is 10.1. The van der Waals surface area contributed by atoms with E-state index >= 15 is 0 Å². The maximum atomic E-state index is 7.65. The van der Waals surface area contributed by atoms with Crippen LogP contribution in [-0.2, 0) is 0 Å². The molecule has 0 aliphatic rings. The van der Waals surface area contributed by atoms with Gasteiger partial charge in [0.15, 0.2) is 0 Å². The first-order chi connectivity index (χ1) is 12.0. The van der Waals surface area contributed by atoms with Crippen LogP contribution in [0.1, 0.15) is 4.88 Å². The van der Waals surface area contributed by atoms with E-state index in [1.54, 1.807) is 37.3 Å². The molecule has 0 unspecified atom stereocenters. The van der Waals surface area contributed by atoms with E-state index in [4.69, 9.17) is 25.6 Å². The molecule has 1 aromatic carbocycles. The molecule has 2 aromatic heterocycles. The Balaban J connectivity index is 2.02. The monoisotopic (exact) mass is 391 g/mol. The lowest BCUT2D eigenvalue weighted by Crippen LogP contribution is -2.08. The van der Waals surface area contributed by atoms with Crippen LogP contribution in [0.3, 0.4) is 0 Å². The van der Waals surface area contributed by atoms with Gasteiger partial charge in [-0.2, -0.15) is 0 Å². The van der Waals surface area contributed by atoms with E-state index in [2.05, 4.69) is 0 Å². The molecule has 3 N–H and O–H groups in total. The van der Waals surface area contributed by atoms with Crippen molar-refractivity contribution >= 4 is 40.3 Å². The van der Waals surface area contributed by atoms with Crippen molar-refractivity contribution in [3.05, 3.63) is 34.5 Å². The predicted octanol–water partition coefficient (Wildman–Crippen LogP) is 4.56. The first kappa shape index (κ1) is 17.8. The fourth-order valence-corrected chi connectivity index (χ4v) is 5.00. The molecule has 3 rings (SSSR count). The first-order valence-corrected chi connectivity index (χ1v) is 10.2. The molecule has 0 fully saturated rings. The number of nitrogen functional groups attached to an aromatic ring is 1. The van der Waals surface area contributed by atoms with Gasteiger partial charge in [-0.25, -0.2) is 4.98 Å². The van der Waals surface area contributed by atoms with Crippen molar-refractivity contribution in [1.29, 1.82) is 5.41 Å². The van der Waals surface area contributed by atoms with E-state index in [-0.39, 0.29) is 5.84 Å². The summed E-state index contributed by atoms with van der Waals surface area (Å²) < 4.78 is 11.8. The number of hydrogen-bond acceptors (Lipinski definition) is 7. The molecule has 0 amide bonds. The number of thiophene rings is 1. The lowest BCUT2D eigenvalue weighted by Gasteiger charge is -2.06. The predicted molar refractivity (Wildman–Crippen MR) is 107 cm³/mol. The van der Waals surface area contributed by atoms with Crippen LogP contribution in [0.25, 0.3) is 21.8 Å². The number of nitrogens with one attached hydrogen (secondary N) is 1. The zero-order chi connectivity index (χ0) is 18.0. The summed E-state index contributed by atoms with van der Waals surface area (Å²) in [5.74, 6) is 1.53. The Bertz CT molecular complexity index is 896. The van der Waals surface area contributed by atoms with Gasteiger partial charge in [-0.05, 0) is 24.5 Å². The molecule has 0 saturated carbocycles. The maximum absolute atomic E-state index is 7.65. The molecule has 0 saturated heterocycles. The second kappa shape index (κ2) is 7.47. The van der Waals surface area contributed by atoms with Gasteiger partial charge in [-0.1, -0.05) is 0 Å². The number of methoxy groups -OCH3 is 2. The number of rotatable bonds is 6. The highest BCUT2D eigenvalue weighted by atomic mass is 32.2. The zero-order valence-corrected chi connectivity index (χ0v) is 16.4. The molecule has 0 spiro atoms. The SMILES string of the molecule is COc1cc(OC)cc(-c2csc(-c3cc(C(=N)N)sc3SC)n2)c1. The van der Waals surface area contributed by atoms with Crippen LogP contribution in [0.2, 0.25) is 0 Å². The Morgan fingerprint density at radius 1 is 1.16 bits per heavy atom. The summed E-state index contributed by atoms with van der Waals surface area (Å²) in [6.45, 7) is 0. The lowest BCUT2D eigenvalue weighted by molar-refractivity contribution is 0.394. The minimum absolute atomic E-state index is 0.0841. The van der Waals surface area contributed by atoms with Crippen molar-refractivity contribution in [3.8, 4) is 33.3 Å². The molecule has 0 radical (unpaired) electrons. The fourth-order valence-electron chi connectivity index (χ4n) is 2.29. The topological polar surface area (TPSA) is 81.2 Å². The van der Waals surface area contributed by atoms with E-state index in [9.17, 15) is 0 Å². The second-order valence-electron chi connectivity index (χ2n) is 5.07. The molecule has 5 nitrogen and oxygen atoms in total. The van der Waals surface area contributed by atoms with Gasteiger partial charge in [0, 0.05) is 22.6 Å². The van der Waals surface area contributed by atoms with Gasteiger partial charge < -0.3 is 15.2 Å². The molecule has 3 aromatic rings. The molecule has 0 bridgehead atoms. The average molecular weight is 392 g/mol. The Kier molecular flexibility index (Phi) is 5.31. The number of nitrogens with zero attached hydrogens (tertiary/aromatic N) is 1. The van der Waals surface area contributed by atoms with Crippen LogP contribution in [-0.4, -0.2) is 31.3 Å². The molecular formula is C17H17N3O2S3. The molecule has 0 aliphatic carbocycles. The Hall–Kier alpha value is -2.03. The number of nitrogens with two attached hydrogens (primary N) is 1. The van der Waals surface area contributed by atoms with Crippen LogP contribution < -0.4 is 15.2 Å². The van der Waals surface area contributed by atoms with Crippen molar-refractivity contribution < 1.29 is 9.47 Å². The van der Waals surface area contributed by atoms with Crippen LogP contribution in [0.4, 0.5) is 0 Å². The number of benzene rings is 1. The van der Waals surface area contributed by atoms with Crippen molar-refractivity contribution in [1.82, 2.24) is 4.98 Å². The maximum Gasteiger partial charge on any atom is 0.133 e. The first-order valence-electron chi connectivity index (χ1n) is 7.27. The van der Waals surface area contributed by atoms with Gasteiger partial charge in [0.2, 0.25) is 0 Å². The number of thioether (sulfide) groups is 1. The van der Waals surface area contributed by atoms with Crippen molar-refractivity contribution in [2.75, 3.05) is 20.5 Å². The number of aromatic nitrogens is 1. The van der Waals surface area contributed by atoms with Gasteiger partial charge in [-0.15, -0.1) is 34.4 Å². The van der Waals surface area contributed by atoms with Crippen molar-refractivity contribution in [2.24, 2.45) is 5.73 Å². The van der Waals surface area contributed by atoms with Crippen LogP contribution >= 0.6 is 34.4 Å². The van der Waals surface area contributed by atoms with E-state index in [0.717, 1.165) is 42.4 Å². The molecule has 130 valence electrons. The Labute approximate surface area is 158 Å². The Morgan fingerprint density at radius 3 is 2.40 bits per heavy atom. The summed E-state index contributed by atoms with van der Waals surface area (Å²) >= 11 is 4.73. The average Bonchev–Trinajstić information content (AvgIpc) is 3.27. The number of ether oxygens (including phenoxy) is 2. The van der Waals surface area contributed by atoms with E-state index in [1.807, 2.05) is 35.9 Å². The summed E-state index contributed by atoms with van der Waals surface area (Å²) in [5, 5.41) is 10.6. The molecule has 8 heteroatoms. The normalized spacial score (nSPS) is 10.7. The largest absolute Gasteiger partial charge is 0.497 e. The third-order valence-corrected chi connectivity index (χ3v) is 6.71. The number of hydrogen-bond donors (Lipinski definition) is 2. The smallest absolute Gasteiger partial charge is 0.133 e.